The molecule has 1 fully saturated rings. The normalized spacial score (nSPS) is 17.5. The van der Waals surface area contributed by atoms with Crippen molar-refractivity contribution in [1.29, 1.82) is 0 Å². The smallest absolute Gasteiger partial charge is 0.244 e. The van der Waals surface area contributed by atoms with E-state index in [0.29, 0.717) is 34.3 Å². The summed E-state index contributed by atoms with van der Waals surface area (Å²) in [5.41, 5.74) is 0.660. The van der Waals surface area contributed by atoms with E-state index in [0.717, 1.165) is 4.70 Å². The Balaban J connectivity index is 1.57. The average Bonchev–Trinajstić information content (AvgIpc) is 3.35. The van der Waals surface area contributed by atoms with E-state index in [1.165, 1.54) is 39.9 Å². The van der Waals surface area contributed by atoms with E-state index < -0.39 is 22.0 Å². The van der Waals surface area contributed by atoms with Gasteiger partial charge in [-0.25, -0.2) is 13.4 Å². The quantitative estimate of drug-likeness (QED) is 0.638. The molecular formula is C19H18ClN3O4S2. The van der Waals surface area contributed by atoms with Crippen LogP contribution in [0.15, 0.2) is 47.4 Å². The van der Waals surface area contributed by atoms with E-state index >= 15 is 0 Å². The fourth-order valence-electron chi connectivity index (χ4n) is 3.36. The molecule has 2 aromatic carbocycles. The van der Waals surface area contributed by atoms with Crippen molar-refractivity contribution < 1.29 is 17.9 Å². The number of rotatable bonds is 5. The molecule has 0 aliphatic carbocycles. The van der Waals surface area contributed by atoms with Crippen molar-refractivity contribution in [3.63, 3.8) is 0 Å². The van der Waals surface area contributed by atoms with Gasteiger partial charge in [-0.05, 0) is 49.2 Å². The zero-order chi connectivity index (χ0) is 20.6. The van der Waals surface area contributed by atoms with E-state index in [1.807, 2.05) is 12.1 Å². The number of nitrogens with one attached hydrogen (secondary N) is 1. The van der Waals surface area contributed by atoms with Crippen LogP contribution in [-0.4, -0.2) is 43.3 Å². The van der Waals surface area contributed by atoms with E-state index in [4.69, 9.17) is 16.3 Å². The third-order valence-electron chi connectivity index (χ3n) is 4.76. The molecule has 0 saturated carbocycles. The monoisotopic (exact) mass is 451 g/mol. The highest BCUT2D eigenvalue weighted by atomic mass is 35.5. The summed E-state index contributed by atoms with van der Waals surface area (Å²) in [6, 6.07) is 10.7. The Morgan fingerprint density at radius 1 is 1.28 bits per heavy atom. The van der Waals surface area contributed by atoms with Gasteiger partial charge in [0.05, 0.1) is 16.7 Å². The Bertz CT molecular complexity index is 1160. The number of carbonyl (C=O) groups is 1. The summed E-state index contributed by atoms with van der Waals surface area (Å²) in [6.07, 6.45) is 1.06. The zero-order valence-corrected chi connectivity index (χ0v) is 17.9. The molecule has 1 unspecified atom stereocenters. The topological polar surface area (TPSA) is 88.6 Å². The maximum absolute atomic E-state index is 13.0. The lowest BCUT2D eigenvalue weighted by atomic mass is 10.2. The first-order valence-electron chi connectivity index (χ1n) is 8.92. The highest BCUT2D eigenvalue weighted by Gasteiger charge is 2.39. The van der Waals surface area contributed by atoms with Crippen molar-refractivity contribution in [3.05, 3.63) is 47.5 Å². The second-order valence-corrected chi connectivity index (χ2v) is 9.90. The molecule has 10 heteroatoms. The summed E-state index contributed by atoms with van der Waals surface area (Å²) in [5, 5.41) is 3.63. The molecule has 0 bridgehead atoms. The van der Waals surface area contributed by atoms with Gasteiger partial charge in [-0.1, -0.05) is 29.0 Å². The van der Waals surface area contributed by atoms with Crippen LogP contribution in [0.5, 0.6) is 5.75 Å². The van der Waals surface area contributed by atoms with Crippen molar-refractivity contribution in [3.8, 4) is 5.75 Å². The lowest BCUT2D eigenvalue weighted by Gasteiger charge is -2.23. The summed E-state index contributed by atoms with van der Waals surface area (Å²) < 4.78 is 33.4. The molecule has 0 radical (unpaired) electrons. The van der Waals surface area contributed by atoms with Crippen LogP contribution in [0.1, 0.15) is 12.8 Å². The second-order valence-electron chi connectivity index (χ2n) is 6.54. The Kier molecular flexibility index (Phi) is 5.48. The third kappa shape index (κ3) is 3.83. The lowest BCUT2D eigenvalue weighted by molar-refractivity contribution is -0.119. The minimum absolute atomic E-state index is 0.117. The summed E-state index contributed by atoms with van der Waals surface area (Å²) in [4.78, 5) is 17.4. The number of methoxy groups -OCH3 is 1. The van der Waals surface area contributed by atoms with E-state index in [1.54, 1.807) is 13.2 Å². The first-order chi connectivity index (χ1) is 13.9. The number of aromatic nitrogens is 1. The first-order valence-corrected chi connectivity index (χ1v) is 11.6. The van der Waals surface area contributed by atoms with Gasteiger partial charge in [0.25, 0.3) is 0 Å². The molecule has 1 aliphatic rings. The molecule has 0 spiro atoms. The van der Waals surface area contributed by atoms with E-state index in [9.17, 15) is 13.2 Å². The van der Waals surface area contributed by atoms with Gasteiger partial charge >= 0.3 is 0 Å². The number of ether oxygens (including phenoxy) is 1. The predicted molar refractivity (Wildman–Crippen MR) is 113 cm³/mol. The Morgan fingerprint density at radius 3 is 2.76 bits per heavy atom. The number of carbonyl (C=O) groups excluding carboxylic acids is 1. The highest BCUT2D eigenvalue weighted by Crippen LogP contribution is 2.33. The highest BCUT2D eigenvalue weighted by molar-refractivity contribution is 7.89. The molecule has 3 aromatic rings. The fourth-order valence-corrected chi connectivity index (χ4v) is 6.03. The standard InChI is InChI=1S/C19H18ClN3O4S2/c1-27-15-5-2-6-16-17(15)21-19(28-16)22-18(24)14-4-3-11-23(14)29(25,26)13-9-7-12(20)8-10-13/h2,5-10,14H,3-4,11H2,1H3,(H,21,22,24). The number of thiazole rings is 1. The van der Waals surface area contributed by atoms with Crippen molar-refractivity contribution in [2.75, 3.05) is 19.0 Å². The number of halogens is 1. The molecule has 7 nitrogen and oxygen atoms in total. The molecule has 1 aliphatic heterocycles. The van der Waals surface area contributed by atoms with Crippen LogP contribution in [-0.2, 0) is 14.8 Å². The number of hydrogen-bond acceptors (Lipinski definition) is 6. The predicted octanol–water partition coefficient (Wildman–Crippen LogP) is 3.75. The number of sulfonamides is 1. The molecule has 4 rings (SSSR count). The Morgan fingerprint density at radius 2 is 2.03 bits per heavy atom. The first kappa shape index (κ1) is 20.1. The van der Waals surface area contributed by atoms with Crippen LogP contribution in [0.3, 0.4) is 0 Å². The number of hydrogen-bond donors (Lipinski definition) is 1. The van der Waals surface area contributed by atoms with Crippen LogP contribution in [0.4, 0.5) is 5.13 Å². The minimum Gasteiger partial charge on any atom is -0.494 e. The van der Waals surface area contributed by atoms with Gasteiger partial charge in [0.1, 0.15) is 17.3 Å². The van der Waals surface area contributed by atoms with Crippen molar-refractivity contribution in [2.24, 2.45) is 0 Å². The largest absolute Gasteiger partial charge is 0.494 e. The van der Waals surface area contributed by atoms with Gasteiger partial charge in [-0.3, -0.25) is 4.79 Å². The maximum atomic E-state index is 13.0. The van der Waals surface area contributed by atoms with Crippen LogP contribution >= 0.6 is 22.9 Å². The molecule has 152 valence electrons. The summed E-state index contributed by atoms with van der Waals surface area (Å²) in [5.74, 6) is 0.227. The summed E-state index contributed by atoms with van der Waals surface area (Å²) in [7, 11) is -2.24. The van der Waals surface area contributed by atoms with E-state index in [-0.39, 0.29) is 11.4 Å². The van der Waals surface area contributed by atoms with Gasteiger partial charge in [0.15, 0.2) is 5.13 Å². The van der Waals surface area contributed by atoms with Crippen molar-refractivity contribution >= 4 is 54.2 Å². The third-order valence-corrected chi connectivity index (χ3v) is 7.87. The van der Waals surface area contributed by atoms with Crippen LogP contribution < -0.4 is 10.1 Å². The lowest BCUT2D eigenvalue weighted by Crippen LogP contribution is -2.43. The van der Waals surface area contributed by atoms with Gasteiger partial charge in [-0.2, -0.15) is 4.31 Å². The van der Waals surface area contributed by atoms with Crippen LogP contribution in [0.2, 0.25) is 5.02 Å². The summed E-state index contributed by atoms with van der Waals surface area (Å²) in [6.45, 7) is 0.288. The zero-order valence-electron chi connectivity index (χ0n) is 15.5. The molecular weight excluding hydrogens is 434 g/mol. The molecule has 1 aromatic heterocycles. The number of amides is 1. The number of anilines is 1. The fraction of sp³-hybridized carbons (Fsp3) is 0.263. The van der Waals surface area contributed by atoms with Gasteiger partial charge in [0, 0.05) is 11.6 Å². The SMILES string of the molecule is COc1cccc2sc(NC(=O)C3CCCN3S(=O)(=O)c3ccc(Cl)cc3)nc12. The number of nitrogens with zero attached hydrogens (tertiary/aromatic N) is 2. The molecule has 2 heterocycles. The van der Waals surface area contributed by atoms with Crippen molar-refractivity contribution in [1.82, 2.24) is 9.29 Å². The van der Waals surface area contributed by atoms with Crippen LogP contribution in [0.25, 0.3) is 10.2 Å². The summed E-state index contributed by atoms with van der Waals surface area (Å²) >= 11 is 7.17. The van der Waals surface area contributed by atoms with Crippen molar-refractivity contribution in [2.45, 2.75) is 23.8 Å². The second kappa shape index (κ2) is 7.91. The average molecular weight is 452 g/mol. The van der Waals surface area contributed by atoms with Crippen LogP contribution in [0, 0.1) is 0 Å². The van der Waals surface area contributed by atoms with Gasteiger partial charge in [0.2, 0.25) is 15.9 Å². The molecule has 1 N–H and O–H groups in total. The Hall–Kier alpha value is -2.20. The van der Waals surface area contributed by atoms with Gasteiger partial charge in [-0.15, -0.1) is 0 Å². The molecule has 1 saturated heterocycles. The molecule has 1 amide bonds. The maximum Gasteiger partial charge on any atom is 0.244 e. The molecule has 1 atom stereocenters. The minimum atomic E-state index is -3.80. The van der Waals surface area contributed by atoms with E-state index in [2.05, 4.69) is 10.3 Å². The molecule has 29 heavy (non-hydrogen) atoms. The number of benzene rings is 2. The van der Waals surface area contributed by atoms with Gasteiger partial charge < -0.3 is 10.1 Å². The Labute approximate surface area is 177 Å². The number of fused-ring (bicyclic) bond motifs is 1. The number of para-hydroxylation sites is 1.